The summed E-state index contributed by atoms with van der Waals surface area (Å²) in [6.07, 6.45) is 3.80. The van der Waals surface area contributed by atoms with Crippen molar-refractivity contribution < 1.29 is 4.79 Å². The topological polar surface area (TPSA) is 20.3 Å². The summed E-state index contributed by atoms with van der Waals surface area (Å²) in [6, 6.07) is 5.39. The van der Waals surface area contributed by atoms with Crippen molar-refractivity contribution in [3.8, 4) is 0 Å². The SMILES string of the molecule is O=C1/C(=C/c2c(Cl)cccc2Cl)N2CCC1CC2. The van der Waals surface area contributed by atoms with Crippen molar-refractivity contribution in [2.24, 2.45) is 5.92 Å². The van der Waals surface area contributed by atoms with E-state index in [1.54, 1.807) is 12.1 Å². The van der Waals surface area contributed by atoms with Crippen LogP contribution >= 0.6 is 23.2 Å². The number of rotatable bonds is 1. The monoisotopic (exact) mass is 281 g/mol. The van der Waals surface area contributed by atoms with Gasteiger partial charge in [0.05, 0.1) is 5.70 Å². The summed E-state index contributed by atoms with van der Waals surface area (Å²) in [7, 11) is 0. The molecule has 4 rings (SSSR count). The van der Waals surface area contributed by atoms with E-state index in [0.717, 1.165) is 37.2 Å². The summed E-state index contributed by atoms with van der Waals surface area (Å²) >= 11 is 12.3. The van der Waals surface area contributed by atoms with Crippen molar-refractivity contribution in [3.63, 3.8) is 0 Å². The van der Waals surface area contributed by atoms with E-state index in [9.17, 15) is 4.79 Å². The fourth-order valence-electron chi connectivity index (χ4n) is 2.70. The van der Waals surface area contributed by atoms with E-state index in [1.165, 1.54) is 0 Å². The van der Waals surface area contributed by atoms with Gasteiger partial charge in [-0.15, -0.1) is 0 Å². The molecule has 0 saturated carbocycles. The van der Waals surface area contributed by atoms with Crippen molar-refractivity contribution in [1.29, 1.82) is 0 Å². The van der Waals surface area contributed by atoms with E-state index in [4.69, 9.17) is 23.2 Å². The molecule has 0 N–H and O–H groups in total. The average Bonchev–Trinajstić information content (AvgIpc) is 2.37. The average molecular weight is 282 g/mol. The standard InChI is InChI=1S/C14H13Cl2NO/c15-11-2-1-3-12(16)10(11)8-13-14(18)9-4-6-17(13)7-5-9/h1-3,8-9H,4-7H2/b13-8-. The Morgan fingerprint density at radius 3 is 2.33 bits per heavy atom. The van der Waals surface area contributed by atoms with E-state index in [1.807, 2.05) is 12.1 Å². The summed E-state index contributed by atoms with van der Waals surface area (Å²) in [5, 5.41) is 1.18. The summed E-state index contributed by atoms with van der Waals surface area (Å²) in [4.78, 5) is 14.4. The Bertz CT molecular complexity index is 510. The molecule has 0 amide bonds. The minimum absolute atomic E-state index is 0.197. The van der Waals surface area contributed by atoms with Crippen LogP contribution in [0.5, 0.6) is 0 Å². The fraction of sp³-hybridized carbons (Fsp3) is 0.357. The summed E-state index contributed by atoms with van der Waals surface area (Å²) in [5.41, 5.74) is 1.52. The highest BCUT2D eigenvalue weighted by molar-refractivity contribution is 6.37. The second-order valence-electron chi connectivity index (χ2n) is 4.79. The summed E-state index contributed by atoms with van der Waals surface area (Å²) in [6.45, 7) is 1.93. The minimum atomic E-state index is 0.197. The Morgan fingerprint density at radius 2 is 1.78 bits per heavy atom. The van der Waals surface area contributed by atoms with Crippen LogP contribution in [0.4, 0.5) is 0 Å². The molecule has 3 aliphatic heterocycles. The van der Waals surface area contributed by atoms with Gasteiger partial charge >= 0.3 is 0 Å². The maximum Gasteiger partial charge on any atom is 0.182 e. The first-order chi connectivity index (χ1) is 8.66. The first kappa shape index (κ1) is 12.1. The maximum absolute atomic E-state index is 12.2. The number of carbonyl (C=O) groups is 1. The highest BCUT2D eigenvalue weighted by Gasteiger charge is 2.36. The molecule has 0 spiro atoms. The van der Waals surface area contributed by atoms with Crippen LogP contribution in [-0.2, 0) is 4.79 Å². The molecule has 3 saturated heterocycles. The molecule has 94 valence electrons. The van der Waals surface area contributed by atoms with Crippen LogP contribution in [-0.4, -0.2) is 23.8 Å². The quantitative estimate of drug-likeness (QED) is 0.733. The van der Waals surface area contributed by atoms with Crippen LogP contribution in [0.15, 0.2) is 23.9 Å². The predicted octanol–water partition coefficient (Wildman–Crippen LogP) is 3.63. The van der Waals surface area contributed by atoms with Crippen LogP contribution in [0.1, 0.15) is 18.4 Å². The number of halogens is 2. The number of piperidine rings is 3. The summed E-state index contributed by atoms with van der Waals surface area (Å²) in [5.74, 6) is 0.436. The molecule has 3 fully saturated rings. The third-order valence-corrected chi connectivity index (χ3v) is 4.40. The number of Topliss-reactive ketones (excluding diaryl/α,β-unsaturated/α-hetero) is 1. The van der Waals surface area contributed by atoms with Gasteiger partial charge in [-0.05, 0) is 31.1 Å². The van der Waals surface area contributed by atoms with E-state index in [2.05, 4.69) is 4.90 Å². The number of carbonyl (C=O) groups excluding carboxylic acids is 1. The van der Waals surface area contributed by atoms with Crippen LogP contribution < -0.4 is 0 Å². The zero-order valence-corrected chi connectivity index (χ0v) is 11.3. The van der Waals surface area contributed by atoms with Crippen LogP contribution in [0, 0.1) is 5.92 Å². The van der Waals surface area contributed by atoms with Gasteiger partial charge in [-0.1, -0.05) is 29.3 Å². The fourth-order valence-corrected chi connectivity index (χ4v) is 3.20. The van der Waals surface area contributed by atoms with Crippen molar-refractivity contribution in [1.82, 2.24) is 4.90 Å². The van der Waals surface area contributed by atoms with Gasteiger partial charge in [-0.2, -0.15) is 0 Å². The largest absolute Gasteiger partial charge is 0.369 e. The molecule has 0 aromatic heterocycles. The molecule has 1 aromatic carbocycles. The zero-order chi connectivity index (χ0) is 12.7. The van der Waals surface area contributed by atoms with Crippen molar-refractivity contribution in [2.75, 3.05) is 13.1 Å². The van der Waals surface area contributed by atoms with Gasteiger partial charge in [-0.25, -0.2) is 0 Å². The van der Waals surface area contributed by atoms with E-state index >= 15 is 0 Å². The number of benzene rings is 1. The lowest BCUT2D eigenvalue weighted by Gasteiger charge is -2.41. The third kappa shape index (κ3) is 1.94. The zero-order valence-electron chi connectivity index (χ0n) is 9.83. The van der Waals surface area contributed by atoms with Gasteiger partial charge in [0.25, 0.3) is 0 Å². The predicted molar refractivity (Wildman–Crippen MR) is 73.7 cm³/mol. The molecular weight excluding hydrogens is 269 g/mol. The molecule has 2 nitrogen and oxygen atoms in total. The second-order valence-corrected chi connectivity index (χ2v) is 5.60. The molecule has 0 radical (unpaired) electrons. The van der Waals surface area contributed by atoms with Gasteiger partial charge in [0.2, 0.25) is 0 Å². The van der Waals surface area contributed by atoms with Crippen LogP contribution in [0.3, 0.4) is 0 Å². The third-order valence-electron chi connectivity index (χ3n) is 3.74. The van der Waals surface area contributed by atoms with E-state index < -0.39 is 0 Å². The van der Waals surface area contributed by atoms with Gasteiger partial charge in [0, 0.05) is 34.6 Å². The highest BCUT2D eigenvalue weighted by atomic mass is 35.5. The van der Waals surface area contributed by atoms with Gasteiger partial charge in [0.15, 0.2) is 5.78 Å². The Kier molecular flexibility index (Phi) is 3.08. The molecule has 2 bridgehead atoms. The van der Waals surface area contributed by atoms with Gasteiger partial charge < -0.3 is 4.90 Å². The number of nitrogens with zero attached hydrogens (tertiary/aromatic N) is 1. The minimum Gasteiger partial charge on any atom is -0.369 e. The normalized spacial score (nSPS) is 22.0. The molecule has 3 heterocycles. The van der Waals surface area contributed by atoms with E-state index in [0.29, 0.717) is 10.0 Å². The molecule has 4 heteroatoms. The number of hydrogen-bond acceptors (Lipinski definition) is 2. The maximum atomic E-state index is 12.2. The van der Waals surface area contributed by atoms with Crippen LogP contribution in [0.25, 0.3) is 6.08 Å². The Labute approximate surface area is 116 Å². The summed E-state index contributed by atoms with van der Waals surface area (Å²) < 4.78 is 0. The van der Waals surface area contributed by atoms with E-state index in [-0.39, 0.29) is 11.7 Å². The Balaban J connectivity index is 2.04. The molecule has 18 heavy (non-hydrogen) atoms. The number of allylic oxidation sites excluding steroid dienone is 1. The van der Waals surface area contributed by atoms with Gasteiger partial charge in [-0.3, -0.25) is 4.79 Å². The van der Waals surface area contributed by atoms with Gasteiger partial charge in [0.1, 0.15) is 0 Å². The number of fused-ring (bicyclic) bond motifs is 3. The Morgan fingerprint density at radius 1 is 1.17 bits per heavy atom. The van der Waals surface area contributed by atoms with Crippen molar-refractivity contribution in [3.05, 3.63) is 39.5 Å². The molecule has 0 unspecified atom stereocenters. The Hall–Kier alpha value is -0.990. The molecule has 0 aliphatic carbocycles. The lowest BCUT2D eigenvalue weighted by molar-refractivity contribution is -0.125. The highest BCUT2D eigenvalue weighted by Crippen LogP contribution is 2.34. The lowest BCUT2D eigenvalue weighted by Crippen LogP contribution is -2.45. The molecule has 0 atom stereocenters. The van der Waals surface area contributed by atoms with Crippen molar-refractivity contribution >= 4 is 35.1 Å². The lowest BCUT2D eigenvalue weighted by atomic mass is 9.84. The van der Waals surface area contributed by atoms with Crippen LogP contribution in [0.2, 0.25) is 10.0 Å². The van der Waals surface area contributed by atoms with Crippen molar-refractivity contribution in [2.45, 2.75) is 12.8 Å². The second kappa shape index (κ2) is 4.60. The number of ketones is 1. The first-order valence-corrected chi connectivity index (χ1v) is 6.87. The molecule has 1 aromatic rings. The molecule has 3 aliphatic rings. The smallest absolute Gasteiger partial charge is 0.182 e. The first-order valence-electron chi connectivity index (χ1n) is 6.11. The molecular formula is C14H13Cl2NO. The number of hydrogen-bond donors (Lipinski definition) is 0.